The lowest BCUT2D eigenvalue weighted by atomic mass is 9.97. The maximum atomic E-state index is 12.2. The highest BCUT2D eigenvalue weighted by atomic mass is 16.2. The molecule has 0 bridgehead atoms. The van der Waals surface area contributed by atoms with Crippen LogP contribution in [0.5, 0.6) is 0 Å². The number of hydrogen-bond donors (Lipinski definition) is 2. The predicted octanol–water partition coefficient (Wildman–Crippen LogP) is 2.71. The van der Waals surface area contributed by atoms with Crippen LogP contribution in [0, 0.1) is 30.6 Å². The van der Waals surface area contributed by atoms with Crippen molar-refractivity contribution in [3.05, 3.63) is 29.3 Å². The zero-order valence-corrected chi connectivity index (χ0v) is 12.1. The van der Waals surface area contributed by atoms with Crippen LogP contribution in [0.1, 0.15) is 37.3 Å². The average molecular weight is 271 g/mol. The van der Waals surface area contributed by atoms with Crippen molar-refractivity contribution >= 4 is 11.6 Å². The summed E-state index contributed by atoms with van der Waals surface area (Å²) in [7, 11) is 0. The third-order valence-corrected chi connectivity index (χ3v) is 4.01. The summed E-state index contributed by atoms with van der Waals surface area (Å²) in [5, 5.41) is 11.8. The first-order chi connectivity index (χ1) is 9.61. The molecule has 1 saturated carbocycles. The van der Waals surface area contributed by atoms with E-state index in [-0.39, 0.29) is 18.4 Å². The van der Waals surface area contributed by atoms with Gasteiger partial charge in [0.05, 0.1) is 0 Å². The van der Waals surface area contributed by atoms with Crippen LogP contribution in [-0.4, -0.2) is 17.6 Å². The van der Waals surface area contributed by atoms with E-state index in [0.717, 1.165) is 36.1 Å². The van der Waals surface area contributed by atoms with E-state index < -0.39 is 0 Å². The molecule has 0 spiro atoms. The molecule has 106 valence electrons. The van der Waals surface area contributed by atoms with E-state index in [9.17, 15) is 4.79 Å². The first-order valence-corrected chi connectivity index (χ1v) is 7.13. The van der Waals surface area contributed by atoms with Gasteiger partial charge in [-0.1, -0.05) is 31.3 Å². The van der Waals surface area contributed by atoms with Crippen molar-refractivity contribution in [3.8, 4) is 11.8 Å². The van der Waals surface area contributed by atoms with Gasteiger partial charge in [-0.05, 0) is 43.4 Å². The van der Waals surface area contributed by atoms with Crippen LogP contribution in [0.15, 0.2) is 18.2 Å². The fraction of sp³-hybridized carbons (Fsp3) is 0.471. The quantitative estimate of drug-likeness (QED) is 0.813. The molecule has 1 aromatic carbocycles. The SMILES string of the molecule is Cc1ccc(NC(=O)C2CCCC2C)cc1C#CCO. The van der Waals surface area contributed by atoms with E-state index in [4.69, 9.17) is 5.11 Å². The van der Waals surface area contributed by atoms with Crippen LogP contribution < -0.4 is 5.32 Å². The summed E-state index contributed by atoms with van der Waals surface area (Å²) < 4.78 is 0. The molecule has 0 saturated heterocycles. The largest absolute Gasteiger partial charge is 0.384 e. The first kappa shape index (κ1) is 14.6. The number of carbonyl (C=O) groups is 1. The van der Waals surface area contributed by atoms with Gasteiger partial charge in [0.15, 0.2) is 0 Å². The molecule has 1 fully saturated rings. The molecule has 1 aliphatic carbocycles. The Morgan fingerprint density at radius 3 is 2.90 bits per heavy atom. The highest BCUT2D eigenvalue weighted by Crippen LogP contribution is 2.32. The van der Waals surface area contributed by atoms with Gasteiger partial charge in [-0.3, -0.25) is 4.79 Å². The lowest BCUT2D eigenvalue weighted by molar-refractivity contribution is -0.120. The third-order valence-electron chi connectivity index (χ3n) is 4.01. The summed E-state index contributed by atoms with van der Waals surface area (Å²) in [6.07, 6.45) is 3.26. The predicted molar refractivity (Wildman–Crippen MR) is 80.3 cm³/mol. The van der Waals surface area contributed by atoms with Crippen molar-refractivity contribution in [1.82, 2.24) is 0 Å². The third kappa shape index (κ3) is 3.40. The minimum absolute atomic E-state index is 0.111. The molecule has 2 rings (SSSR count). The van der Waals surface area contributed by atoms with Gasteiger partial charge in [0.1, 0.15) is 6.61 Å². The monoisotopic (exact) mass is 271 g/mol. The lowest BCUT2D eigenvalue weighted by Gasteiger charge is -2.15. The van der Waals surface area contributed by atoms with Gasteiger partial charge >= 0.3 is 0 Å². The van der Waals surface area contributed by atoms with Crippen molar-refractivity contribution in [2.24, 2.45) is 11.8 Å². The van der Waals surface area contributed by atoms with E-state index in [1.165, 1.54) is 0 Å². The van der Waals surface area contributed by atoms with Crippen LogP contribution >= 0.6 is 0 Å². The van der Waals surface area contributed by atoms with Crippen molar-refractivity contribution in [3.63, 3.8) is 0 Å². The average Bonchev–Trinajstić information content (AvgIpc) is 2.85. The Morgan fingerprint density at radius 1 is 1.45 bits per heavy atom. The number of benzene rings is 1. The van der Waals surface area contributed by atoms with E-state index in [1.807, 2.05) is 25.1 Å². The second-order valence-electron chi connectivity index (χ2n) is 5.49. The fourth-order valence-corrected chi connectivity index (χ4v) is 2.74. The summed E-state index contributed by atoms with van der Waals surface area (Å²) in [5.41, 5.74) is 2.66. The highest BCUT2D eigenvalue weighted by molar-refractivity contribution is 5.93. The molecule has 0 radical (unpaired) electrons. The number of nitrogens with one attached hydrogen (secondary N) is 1. The number of rotatable bonds is 2. The van der Waals surface area contributed by atoms with Gasteiger partial charge in [-0.2, -0.15) is 0 Å². The summed E-state index contributed by atoms with van der Waals surface area (Å²) in [5.74, 6) is 6.25. The smallest absolute Gasteiger partial charge is 0.227 e. The van der Waals surface area contributed by atoms with E-state index in [1.54, 1.807) is 0 Å². The van der Waals surface area contributed by atoms with Crippen LogP contribution in [0.4, 0.5) is 5.69 Å². The number of carbonyl (C=O) groups excluding carboxylic acids is 1. The minimum Gasteiger partial charge on any atom is -0.384 e. The van der Waals surface area contributed by atoms with Gasteiger partial charge in [0, 0.05) is 17.2 Å². The Kier molecular flexibility index (Phi) is 4.81. The van der Waals surface area contributed by atoms with Crippen LogP contribution in [0.2, 0.25) is 0 Å². The van der Waals surface area contributed by atoms with Gasteiger partial charge < -0.3 is 10.4 Å². The molecule has 0 aromatic heterocycles. The Balaban J connectivity index is 2.11. The number of hydrogen-bond acceptors (Lipinski definition) is 2. The number of anilines is 1. The summed E-state index contributed by atoms with van der Waals surface area (Å²) in [4.78, 5) is 12.2. The van der Waals surface area contributed by atoms with Crippen LogP contribution in [-0.2, 0) is 4.79 Å². The molecule has 3 nitrogen and oxygen atoms in total. The van der Waals surface area contributed by atoms with Gasteiger partial charge in [-0.15, -0.1) is 0 Å². The second kappa shape index (κ2) is 6.58. The molecular weight excluding hydrogens is 250 g/mol. The number of amides is 1. The van der Waals surface area contributed by atoms with E-state index in [0.29, 0.717) is 5.92 Å². The molecule has 1 aliphatic rings. The zero-order chi connectivity index (χ0) is 14.5. The number of aryl methyl sites for hydroxylation is 1. The molecule has 3 heteroatoms. The summed E-state index contributed by atoms with van der Waals surface area (Å²) in [6, 6.07) is 5.71. The Labute approximate surface area is 120 Å². The molecule has 2 unspecified atom stereocenters. The normalized spacial score (nSPS) is 21.1. The minimum atomic E-state index is -0.157. The summed E-state index contributed by atoms with van der Waals surface area (Å²) in [6.45, 7) is 3.95. The Morgan fingerprint density at radius 2 is 2.25 bits per heavy atom. The maximum Gasteiger partial charge on any atom is 0.227 e. The molecule has 20 heavy (non-hydrogen) atoms. The first-order valence-electron chi connectivity index (χ1n) is 7.13. The van der Waals surface area contributed by atoms with Gasteiger partial charge in [-0.25, -0.2) is 0 Å². The molecule has 1 amide bonds. The fourth-order valence-electron chi connectivity index (χ4n) is 2.74. The van der Waals surface area contributed by atoms with Gasteiger partial charge in [0.2, 0.25) is 5.91 Å². The highest BCUT2D eigenvalue weighted by Gasteiger charge is 2.29. The molecule has 1 aromatic rings. The number of aliphatic hydroxyl groups excluding tert-OH is 1. The molecule has 0 heterocycles. The zero-order valence-electron chi connectivity index (χ0n) is 12.1. The lowest BCUT2D eigenvalue weighted by Crippen LogP contribution is -2.24. The van der Waals surface area contributed by atoms with E-state index in [2.05, 4.69) is 24.1 Å². The topological polar surface area (TPSA) is 49.3 Å². The Hall–Kier alpha value is -1.79. The standard InChI is InChI=1S/C17H21NO2/c1-12-8-9-15(11-14(12)6-4-10-19)18-17(20)16-7-3-5-13(16)2/h8-9,11,13,16,19H,3,5,7,10H2,1-2H3,(H,18,20). The summed E-state index contributed by atoms with van der Waals surface area (Å²) >= 11 is 0. The van der Waals surface area contributed by atoms with Crippen molar-refractivity contribution in [1.29, 1.82) is 0 Å². The molecular formula is C17H21NO2. The second-order valence-corrected chi connectivity index (χ2v) is 5.49. The Bertz CT molecular complexity index is 554. The van der Waals surface area contributed by atoms with E-state index >= 15 is 0 Å². The van der Waals surface area contributed by atoms with Crippen LogP contribution in [0.25, 0.3) is 0 Å². The maximum absolute atomic E-state index is 12.2. The van der Waals surface area contributed by atoms with Crippen molar-refractivity contribution < 1.29 is 9.90 Å². The van der Waals surface area contributed by atoms with Crippen molar-refractivity contribution in [2.75, 3.05) is 11.9 Å². The van der Waals surface area contributed by atoms with Crippen molar-refractivity contribution in [2.45, 2.75) is 33.1 Å². The molecule has 2 N–H and O–H groups in total. The molecule has 0 aliphatic heterocycles. The number of aliphatic hydroxyl groups is 1. The van der Waals surface area contributed by atoms with Gasteiger partial charge in [0.25, 0.3) is 0 Å². The van der Waals surface area contributed by atoms with Crippen LogP contribution in [0.3, 0.4) is 0 Å². The molecule has 2 atom stereocenters.